The fourth-order valence-electron chi connectivity index (χ4n) is 1.46. The number of hydrogen-bond donors (Lipinski definition) is 1. The zero-order chi connectivity index (χ0) is 14.4. The van der Waals surface area contributed by atoms with Gasteiger partial charge in [-0.25, -0.2) is 0 Å². The third-order valence-electron chi connectivity index (χ3n) is 2.40. The number of halogens is 2. The summed E-state index contributed by atoms with van der Waals surface area (Å²) in [5.74, 6) is 5.55. The maximum absolute atomic E-state index is 11.8. The lowest BCUT2D eigenvalue weighted by atomic mass is 10.2. The number of aromatic nitrogens is 1. The van der Waals surface area contributed by atoms with Gasteiger partial charge in [0.15, 0.2) is 0 Å². The molecule has 0 radical (unpaired) electrons. The fourth-order valence-corrected chi connectivity index (χ4v) is 2.01. The molecule has 0 spiro atoms. The lowest BCUT2D eigenvalue weighted by Gasteiger charge is -2.01. The molecule has 1 aromatic heterocycles. The van der Waals surface area contributed by atoms with Gasteiger partial charge in [0, 0.05) is 22.4 Å². The van der Waals surface area contributed by atoms with Crippen LogP contribution in [0.3, 0.4) is 0 Å². The topological polar surface area (TPSA) is 42.0 Å². The fraction of sp³-hybridized carbons (Fsp3) is 0.0667. The van der Waals surface area contributed by atoms with Crippen molar-refractivity contribution in [1.29, 1.82) is 0 Å². The van der Waals surface area contributed by atoms with Crippen molar-refractivity contribution < 1.29 is 4.79 Å². The van der Waals surface area contributed by atoms with Gasteiger partial charge in [0.2, 0.25) is 0 Å². The highest BCUT2D eigenvalue weighted by molar-refractivity contribution is 9.10. The van der Waals surface area contributed by atoms with Crippen LogP contribution in [0.5, 0.6) is 0 Å². The van der Waals surface area contributed by atoms with E-state index in [0.717, 1.165) is 10.0 Å². The van der Waals surface area contributed by atoms with Crippen molar-refractivity contribution in [2.24, 2.45) is 0 Å². The van der Waals surface area contributed by atoms with Gasteiger partial charge in [-0.3, -0.25) is 9.78 Å². The quantitative estimate of drug-likeness (QED) is 0.846. The molecule has 5 heteroatoms. The standard InChI is InChI=1S/C15H10BrClN2O/c16-13-8-12(9-18-10-13)15(20)19-7-3-5-11-4-1-2-6-14(11)17/h1-2,4,6,8-10H,7H2,(H,19,20). The van der Waals surface area contributed by atoms with E-state index in [9.17, 15) is 4.79 Å². The highest BCUT2D eigenvalue weighted by Gasteiger charge is 2.04. The van der Waals surface area contributed by atoms with Crippen molar-refractivity contribution in [2.75, 3.05) is 6.54 Å². The largest absolute Gasteiger partial charge is 0.341 e. The van der Waals surface area contributed by atoms with E-state index in [-0.39, 0.29) is 12.5 Å². The Morgan fingerprint density at radius 1 is 1.35 bits per heavy atom. The Kier molecular flexibility index (Phi) is 5.16. The van der Waals surface area contributed by atoms with Gasteiger partial charge in [-0.1, -0.05) is 35.6 Å². The molecule has 1 heterocycles. The molecule has 0 bridgehead atoms. The van der Waals surface area contributed by atoms with E-state index in [4.69, 9.17) is 11.6 Å². The maximum Gasteiger partial charge on any atom is 0.253 e. The van der Waals surface area contributed by atoms with E-state index in [2.05, 4.69) is 38.1 Å². The number of benzene rings is 1. The molecule has 0 saturated heterocycles. The number of nitrogens with zero attached hydrogens (tertiary/aromatic N) is 1. The van der Waals surface area contributed by atoms with Crippen molar-refractivity contribution in [3.63, 3.8) is 0 Å². The van der Waals surface area contributed by atoms with Crippen LogP contribution in [-0.4, -0.2) is 17.4 Å². The van der Waals surface area contributed by atoms with Crippen molar-refractivity contribution in [2.45, 2.75) is 0 Å². The molecule has 0 atom stereocenters. The van der Waals surface area contributed by atoms with E-state index in [0.29, 0.717) is 10.6 Å². The third-order valence-corrected chi connectivity index (χ3v) is 3.16. The third kappa shape index (κ3) is 4.09. The van der Waals surface area contributed by atoms with E-state index < -0.39 is 0 Å². The second-order valence-corrected chi connectivity index (χ2v) is 5.18. The Labute approximate surface area is 130 Å². The van der Waals surface area contributed by atoms with Crippen LogP contribution in [0.4, 0.5) is 0 Å². The van der Waals surface area contributed by atoms with Crippen LogP contribution < -0.4 is 5.32 Å². The monoisotopic (exact) mass is 348 g/mol. The second-order valence-electron chi connectivity index (χ2n) is 3.86. The van der Waals surface area contributed by atoms with E-state index in [1.165, 1.54) is 6.20 Å². The van der Waals surface area contributed by atoms with Crippen LogP contribution in [0.1, 0.15) is 15.9 Å². The average Bonchev–Trinajstić information content (AvgIpc) is 2.45. The number of pyridine rings is 1. The van der Waals surface area contributed by atoms with Crippen molar-refractivity contribution in [3.05, 3.63) is 63.3 Å². The number of rotatable bonds is 2. The molecule has 0 aliphatic heterocycles. The second kappa shape index (κ2) is 7.09. The highest BCUT2D eigenvalue weighted by Crippen LogP contribution is 2.12. The molecule has 20 heavy (non-hydrogen) atoms. The first-order valence-corrected chi connectivity index (χ1v) is 6.96. The summed E-state index contributed by atoms with van der Waals surface area (Å²) in [5, 5.41) is 3.30. The van der Waals surface area contributed by atoms with Crippen molar-refractivity contribution >= 4 is 33.4 Å². The molecule has 0 aliphatic carbocycles. The zero-order valence-corrected chi connectivity index (χ0v) is 12.7. The van der Waals surface area contributed by atoms with Gasteiger partial charge in [-0.15, -0.1) is 0 Å². The van der Waals surface area contributed by atoms with Crippen LogP contribution in [0.15, 0.2) is 47.2 Å². The summed E-state index contributed by atoms with van der Waals surface area (Å²) >= 11 is 9.24. The SMILES string of the molecule is O=C(NCC#Cc1ccccc1Cl)c1cncc(Br)c1. The Hall–Kier alpha value is -1.83. The number of nitrogens with one attached hydrogen (secondary N) is 1. The molecule has 2 rings (SSSR count). The molecule has 1 aromatic carbocycles. The predicted octanol–water partition coefficient (Wildman–Crippen LogP) is 3.28. The molecular weight excluding hydrogens is 340 g/mol. The van der Waals surface area contributed by atoms with E-state index in [1.807, 2.05) is 18.2 Å². The van der Waals surface area contributed by atoms with Crippen molar-refractivity contribution in [1.82, 2.24) is 10.3 Å². The van der Waals surface area contributed by atoms with Gasteiger partial charge < -0.3 is 5.32 Å². The Balaban J connectivity index is 1.94. The van der Waals surface area contributed by atoms with Crippen LogP contribution in [0, 0.1) is 11.8 Å². The molecular formula is C15H10BrClN2O. The molecule has 0 saturated carbocycles. The maximum atomic E-state index is 11.8. The first-order valence-electron chi connectivity index (χ1n) is 5.79. The van der Waals surface area contributed by atoms with E-state index >= 15 is 0 Å². The minimum Gasteiger partial charge on any atom is -0.341 e. The summed E-state index contributed by atoms with van der Waals surface area (Å²) in [5.41, 5.74) is 1.23. The average molecular weight is 350 g/mol. The first-order chi connectivity index (χ1) is 9.66. The van der Waals surface area contributed by atoms with Crippen LogP contribution in [0.25, 0.3) is 0 Å². The smallest absolute Gasteiger partial charge is 0.253 e. The minimum atomic E-state index is -0.216. The molecule has 0 aliphatic rings. The lowest BCUT2D eigenvalue weighted by molar-refractivity contribution is 0.0958. The molecule has 2 aromatic rings. The molecule has 0 fully saturated rings. The normalized spacial score (nSPS) is 9.50. The number of hydrogen-bond acceptors (Lipinski definition) is 2. The molecule has 1 amide bonds. The van der Waals surface area contributed by atoms with Gasteiger partial charge in [0.25, 0.3) is 5.91 Å². The highest BCUT2D eigenvalue weighted by atomic mass is 79.9. The first kappa shape index (κ1) is 14.6. The van der Waals surface area contributed by atoms with Crippen LogP contribution in [-0.2, 0) is 0 Å². The number of amides is 1. The summed E-state index contributed by atoms with van der Waals surface area (Å²) in [6, 6.07) is 9.01. The molecule has 3 nitrogen and oxygen atoms in total. The van der Waals surface area contributed by atoms with Gasteiger partial charge in [-0.2, -0.15) is 0 Å². The van der Waals surface area contributed by atoms with Gasteiger partial charge in [0.1, 0.15) is 0 Å². The van der Waals surface area contributed by atoms with E-state index in [1.54, 1.807) is 18.3 Å². The zero-order valence-electron chi connectivity index (χ0n) is 10.4. The number of carbonyl (C=O) groups is 1. The lowest BCUT2D eigenvalue weighted by Crippen LogP contribution is -2.23. The molecule has 1 N–H and O–H groups in total. The van der Waals surface area contributed by atoms with Crippen molar-refractivity contribution in [3.8, 4) is 11.8 Å². The van der Waals surface area contributed by atoms with Crippen LogP contribution in [0.2, 0.25) is 5.02 Å². The predicted molar refractivity (Wildman–Crippen MR) is 82.6 cm³/mol. The van der Waals surface area contributed by atoms with Crippen LogP contribution >= 0.6 is 27.5 Å². The summed E-state index contributed by atoms with van der Waals surface area (Å²) in [4.78, 5) is 15.7. The Morgan fingerprint density at radius 3 is 2.90 bits per heavy atom. The summed E-state index contributed by atoms with van der Waals surface area (Å²) < 4.78 is 0.757. The number of carbonyl (C=O) groups excluding carboxylic acids is 1. The van der Waals surface area contributed by atoms with Gasteiger partial charge in [0.05, 0.1) is 17.1 Å². The Morgan fingerprint density at radius 2 is 2.15 bits per heavy atom. The molecule has 100 valence electrons. The van der Waals surface area contributed by atoms with Gasteiger partial charge in [-0.05, 0) is 34.1 Å². The van der Waals surface area contributed by atoms with Gasteiger partial charge >= 0.3 is 0 Å². The summed E-state index contributed by atoms with van der Waals surface area (Å²) in [7, 11) is 0. The minimum absolute atomic E-state index is 0.216. The molecule has 0 unspecified atom stereocenters. The summed E-state index contributed by atoms with van der Waals surface area (Å²) in [6.45, 7) is 0.247. The summed E-state index contributed by atoms with van der Waals surface area (Å²) in [6.07, 6.45) is 3.12. The Bertz CT molecular complexity index is 692.